The van der Waals surface area contributed by atoms with E-state index in [9.17, 15) is 4.79 Å². The van der Waals surface area contributed by atoms with Crippen molar-refractivity contribution in [2.75, 3.05) is 0 Å². The number of nitrogens with zero attached hydrogens (tertiary/aromatic N) is 3. The SMILES string of the molecule is O=CCC1c2ccccc2-c2cnnn21. The number of aldehydes is 1. The Morgan fingerprint density at radius 3 is 3.13 bits per heavy atom. The molecule has 4 heteroatoms. The van der Waals surface area contributed by atoms with Gasteiger partial charge in [-0.1, -0.05) is 29.5 Å². The second kappa shape index (κ2) is 3.02. The van der Waals surface area contributed by atoms with Gasteiger partial charge in [0.05, 0.1) is 17.9 Å². The molecule has 0 spiro atoms. The van der Waals surface area contributed by atoms with Crippen LogP contribution in [0.25, 0.3) is 11.3 Å². The Balaban J connectivity index is 2.23. The fourth-order valence-corrected chi connectivity index (χ4v) is 2.14. The molecular weight excluding hydrogens is 190 g/mol. The molecule has 0 saturated carbocycles. The summed E-state index contributed by atoms with van der Waals surface area (Å²) >= 11 is 0. The summed E-state index contributed by atoms with van der Waals surface area (Å²) in [5.74, 6) is 0. The normalized spacial score (nSPS) is 17.2. The molecule has 1 unspecified atom stereocenters. The fraction of sp³-hybridized carbons (Fsp3) is 0.182. The predicted octanol–water partition coefficient (Wildman–Crippen LogP) is 1.44. The molecule has 0 saturated heterocycles. The van der Waals surface area contributed by atoms with Gasteiger partial charge in [-0.15, -0.1) is 5.10 Å². The molecule has 0 bridgehead atoms. The first-order chi connectivity index (χ1) is 7.42. The first-order valence-corrected chi connectivity index (χ1v) is 4.85. The van der Waals surface area contributed by atoms with Crippen LogP contribution in [0, 0.1) is 0 Å². The van der Waals surface area contributed by atoms with E-state index in [2.05, 4.69) is 10.3 Å². The van der Waals surface area contributed by atoms with Crippen LogP contribution in [0.3, 0.4) is 0 Å². The lowest BCUT2D eigenvalue weighted by Crippen LogP contribution is -2.08. The number of fused-ring (bicyclic) bond motifs is 3. The van der Waals surface area contributed by atoms with Crippen molar-refractivity contribution in [1.82, 2.24) is 15.0 Å². The Kier molecular flexibility index (Phi) is 1.68. The fourth-order valence-electron chi connectivity index (χ4n) is 2.14. The van der Waals surface area contributed by atoms with Crippen LogP contribution in [-0.2, 0) is 4.79 Å². The summed E-state index contributed by atoms with van der Waals surface area (Å²) in [5, 5.41) is 7.89. The minimum Gasteiger partial charge on any atom is -0.303 e. The average Bonchev–Trinajstić information content (AvgIpc) is 2.82. The van der Waals surface area contributed by atoms with Crippen LogP contribution in [0.1, 0.15) is 18.0 Å². The van der Waals surface area contributed by atoms with Crippen LogP contribution in [0.2, 0.25) is 0 Å². The summed E-state index contributed by atoms with van der Waals surface area (Å²) in [6.45, 7) is 0. The molecule has 15 heavy (non-hydrogen) atoms. The largest absolute Gasteiger partial charge is 0.303 e. The van der Waals surface area contributed by atoms with E-state index in [1.54, 1.807) is 6.20 Å². The molecule has 1 aliphatic rings. The number of carbonyl (C=O) groups is 1. The van der Waals surface area contributed by atoms with Crippen LogP contribution in [0.4, 0.5) is 0 Å². The Bertz CT molecular complexity index is 518. The van der Waals surface area contributed by atoms with Crippen LogP contribution in [-0.4, -0.2) is 21.3 Å². The Hall–Kier alpha value is -1.97. The Morgan fingerprint density at radius 2 is 2.27 bits per heavy atom. The summed E-state index contributed by atoms with van der Waals surface area (Å²) < 4.78 is 1.82. The van der Waals surface area contributed by atoms with Crippen molar-refractivity contribution >= 4 is 6.29 Å². The van der Waals surface area contributed by atoms with E-state index in [0.717, 1.165) is 23.1 Å². The van der Waals surface area contributed by atoms with Crippen molar-refractivity contribution in [3.8, 4) is 11.3 Å². The molecule has 0 aliphatic carbocycles. The first kappa shape index (κ1) is 8.35. The van der Waals surface area contributed by atoms with E-state index in [0.29, 0.717) is 6.42 Å². The monoisotopic (exact) mass is 199 g/mol. The third-order valence-electron chi connectivity index (χ3n) is 2.79. The van der Waals surface area contributed by atoms with Gasteiger partial charge in [0.2, 0.25) is 0 Å². The topological polar surface area (TPSA) is 47.8 Å². The molecule has 1 aromatic heterocycles. The zero-order chi connectivity index (χ0) is 10.3. The van der Waals surface area contributed by atoms with Crippen LogP contribution >= 0.6 is 0 Å². The maximum absolute atomic E-state index is 10.6. The van der Waals surface area contributed by atoms with E-state index >= 15 is 0 Å². The highest BCUT2D eigenvalue weighted by Crippen LogP contribution is 2.38. The van der Waals surface area contributed by atoms with Gasteiger partial charge in [0, 0.05) is 12.0 Å². The van der Waals surface area contributed by atoms with Gasteiger partial charge in [0.1, 0.15) is 6.29 Å². The molecule has 0 N–H and O–H groups in total. The summed E-state index contributed by atoms with van der Waals surface area (Å²) in [6.07, 6.45) is 3.12. The quantitative estimate of drug-likeness (QED) is 0.687. The van der Waals surface area contributed by atoms with Crippen LogP contribution in [0.15, 0.2) is 30.5 Å². The molecule has 0 radical (unpaired) electrons. The number of aromatic nitrogens is 3. The zero-order valence-electron chi connectivity index (χ0n) is 8.00. The maximum Gasteiger partial charge on any atom is 0.122 e. The minimum atomic E-state index is 0.0243. The molecule has 1 aromatic carbocycles. The number of benzene rings is 1. The van der Waals surface area contributed by atoms with Crippen molar-refractivity contribution in [1.29, 1.82) is 0 Å². The molecule has 74 valence electrons. The third kappa shape index (κ3) is 1.05. The van der Waals surface area contributed by atoms with E-state index in [1.807, 2.05) is 28.9 Å². The van der Waals surface area contributed by atoms with Crippen molar-refractivity contribution in [3.63, 3.8) is 0 Å². The minimum absolute atomic E-state index is 0.0243. The highest BCUT2D eigenvalue weighted by atomic mass is 16.1. The predicted molar refractivity (Wildman–Crippen MR) is 54.3 cm³/mol. The summed E-state index contributed by atoms with van der Waals surface area (Å²) in [4.78, 5) is 10.6. The number of rotatable bonds is 2. The molecule has 2 heterocycles. The molecule has 0 fully saturated rings. The van der Waals surface area contributed by atoms with E-state index in [1.165, 1.54) is 0 Å². The molecule has 3 rings (SSSR count). The van der Waals surface area contributed by atoms with Gasteiger partial charge in [-0.25, -0.2) is 4.68 Å². The maximum atomic E-state index is 10.6. The molecular formula is C11H9N3O. The standard InChI is InChI=1S/C11H9N3O/c15-6-5-10-8-3-1-2-4-9(8)11-7-12-13-14(10)11/h1-4,6-7,10H,5H2. The van der Waals surface area contributed by atoms with E-state index in [4.69, 9.17) is 0 Å². The Labute approximate surface area is 86.5 Å². The summed E-state index contributed by atoms with van der Waals surface area (Å²) in [5.41, 5.74) is 3.29. The van der Waals surface area contributed by atoms with E-state index in [-0.39, 0.29) is 6.04 Å². The van der Waals surface area contributed by atoms with Crippen LogP contribution < -0.4 is 0 Å². The number of hydrogen-bond acceptors (Lipinski definition) is 3. The van der Waals surface area contributed by atoms with Gasteiger partial charge in [0.25, 0.3) is 0 Å². The lowest BCUT2D eigenvalue weighted by atomic mass is 10.0. The molecule has 2 aromatic rings. The zero-order valence-corrected chi connectivity index (χ0v) is 8.00. The summed E-state index contributed by atoms with van der Waals surface area (Å²) in [6, 6.07) is 8.07. The second-order valence-corrected chi connectivity index (χ2v) is 3.57. The van der Waals surface area contributed by atoms with Gasteiger partial charge >= 0.3 is 0 Å². The highest BCUT2D eigenvalue weighted by molar-refractivity contribution is 5.69. The van der Waals surface area contributed by atoms with E-state index < -0.39 is 0 Å². The highest BCUT2D eigenvalue weighted by Gasteiger charge is 2.28. The lowest BCUT2D eigenvalue weighted by Gasteiger charge is -2.08. The molecule has 0 amide bonds. The van der Waals surface area contributed by atoms with Gasteiger partial charge in [-0.3, -0.25) is 0 Å². The van der Waals surface area contributed by atoms with Crippen LogP contribution in [0.5, 0.6) is 0 Å². The molecule has 1 aliphatic heterocycles. The van der Waals surface area contributed by atoms with Gasteiger partial charge in [-0.2, -0.15) is 0 Å². The smallest absolute Gasteiger partial charge is 0.122 e. The lowest BCUT2D eigenvalue weighted by molar-refractivity contribution is -0.108. The first-order valence-electron chi connectivity index (χ1n) is 4.85. The molecule has 4 nitrogen and oxygen atoms in total. The van der Waals surface area contributed by atoms with Crippen molar-refractivity contribution in [2.45, 2.75) is 12.5 Å². The average molecular weight is 199 g/mol. The van der Waals surface area contributed by atoms with Crippen molar-refractivity contribution in [2.24, 2.45) is 0 Å². The number of hydrogen-bond donors (Lipinski definition) is 0. The molecule has 1 atom stereocenters. The Morgan fingerprint density at radius 1 is 1.40 bits per heavy atom. The van der Waals surface area contributed by atoms with Gasteiger partial charge < -0.3 is 4.79 Å². The van der Waals surface area contributed by atoms with Gasteiger partial charge in [0.15, 0.2) is 0 Å². The van der Waals surface area contributed by atoms with Crippen molar-refractivity contribution in [3.05, 3.63) is 36.0 Å². The number of carbonyl (C=O) groups excluding carboxylic acids is 1. The third-order valence-corrected chi connectivity index (χ3v) is 2.79. The second-order valence-electron chi connectivity index (χ2n) is 3.57. The summed E-state index contributed by atoms with van der Waals surface area (Å²) in [7, 11) is 0. The van der Waals surface area contributed by atoms with Gasteiger partial charge in [-0.05, 0) is 5.56 Å². The van der Waals surface area contributed by atoms with Crippen molar-refractivity contribution < 1.29 is 4.79 Å².